The minimum Gasteiger partial charge on any atom is -0.147 e. The topological polar surface area (TPSA) is 0 Å². The predicted octanol–water partition coefficient (Wildman–Crippen LogP) is 5.66. The van der Waals surface area contributed by atoms with E-state index in [0.717, 1.165) is 0 Å². The van der Waals surface area contributed by atoms with Crippen LogP contribution in [-0.2, 0) is 0 Å². The average molecular weight is 241 g/mol. The van der Waals surface area contributed by atoms with Gasteiger partial charge in [0.2, 0.25) is 0 Å². The summed E-state index contributed by atoms with van der Waals surface area (Å²) in [5.74, 6) is 0. The monoisotopic (exact) mass is 240 g/mol. The van der Waals surface area contributed by atoms with Crippen LogP contribution in [0.4, 0.5) is 0 Å². The van der Waals surface area contributed by atoms with Gasteiger partial charge in [-0.05, 0) is 0 Å². The third-order valence-electron chi connectivity index (χ3n) is 0. The normalized spacial score (nSPS) is 1.71. The Hall–Kier alpha value is -0.980. The van der Waals surface area contributed by atoms with Crippen LogP contribution < -0.4 is 0 Å². The lowest BCUT2D eigenvalue weighted by Crippen LogP contribution is -0.552. The molecule has 0 aromatic carbocycles. The fraction of sp³-hybridized carbons (Fsp3) is 0. The molecule has 0 aliphatic heterocycles. The maximum atomic E-state index is 3.00. The lowest BCUT2D eigenvalue weighted by atomic mass is 11.3. The first-order valence-electron chi connectivity index (χ1n) is 3.00. The van der Waals surface area contributed by atoms with Crippen molar-refractivity contribution >= 4 is 24.8 Å². The molecule has 0 saturated carbocycles. The van der Waals surface area contributed by atoms with Gasteiger partial charge in [0, 0.05) is 0 Å². The van der Waals surface area contributed by atoms with E-state index in [9.17, 15) is 0 Å². The van der Waals surface area contributed by atoms with Crippen molar-refractivity contribution in [2.45, 2.75) is 0 Å². The van der Waals surface area contributed by atoms with Gasteiger partial charge in [0.1, 0.15) is 0 Å². The highest BCUT2D eigenvalue weighted by Crippen LogP contribution is 0.872. The summed E-state index contributed by atoms with van der Waals surface area (Å²) in [7, 11) is 0. The summed E-state index contributed by atoms with van der Waals surface area (Å²) >= 11 is 0. The molecule has 0 fully saturated rings. The van der Waals surface area contributed by atoms with Crippen molar-refractivity contribution in [1.29, 1.82) is 0 Å². The maximum Gasteiger partial charge on any atom is -0.106 e. The smallest absolute Gasteiger partial charge is 0.106 e. The van der Waals surface area contributed by atoms with Gasteiger partial charge in [0.15, 0.2) is 0 Å². The van der Waals surface area contributed by atoms with E-state index in [-0.39, 0.29) is 24.8 Å². The van der Waals surface area contributed by atoms with Crippen molar-refractivity contribution in [3.63, 3.8) is 0 Å². The van der Waals surface area contributed by atoms with Gasteiger partial charge < -0.3 is 0 Å². The van der Waals surface area contributed by atoms with E-state index in [2.05, 4.69) is 78.9 Å². The molecule has 0 bridgehead atoms. The minimum absolute atomic E-state index is 0. The molecule has 0 spiro atoms. The number of hydrogen-bond acceptors (Lipinski definition) is 0. The molecule has 0 aromatic rings. The van der Waals surface area contributed by atoms with Crippen molar-refractivity contribution in [2.75, 3.05) is 0 Å². The van der Waals surface area contributed by atoms with Crippen LogP contribution >= 0.6 is 24.8 Å². The Labute approximate surface area is 104 Å². The summed E-state index contributed by atoms with van der Waals surface area (Å²) in [4.78, 5) is 0. The molecule has 0 rings (SSSR count). The lowest BCUT2D eigenvalue weighted by Gasteiger charge is -0.813. The molecule has 0 aliphatic carbocycles. The largest absolute Gasteiger partial charge is 0.147 e. The summed E-state index contributed by atoms with van der Waals surface area (Å²) in [6, 6.07) is 0. The Morgan fingerprint density at radius 3 is 0.214 bits per heavy atom. The third-order valence-corrected chi connectivity index (χ3v) is 0. The summed E-state index contributed by atoms with van der Waals surface area (Å²) in [6.07, 6.45) is 0. The lowest BCUT2D eigenvalue weighted by molar-refractivity contribution is 2.81. The molecule has 14 heavy (non-hydrogen) atoms. The van der Waals surface area contributed by atoms with Gasteiger partial charge in [-0.3, -0.25) is 0 Å². The highest BCUT2D eigenvalue weighted by atomic mass is 35.5. The molecule has 0 saturated heterocycles. The van der Waals surface area contributed by atoms with Gasteiger partial charge in [0.25, 0.3) is 0 Å². The van der Waals surface area contributed by atoms with Crippen LogP contribution in [0.2, 0.25) is 0 Å². The Balaban J connectivity index is -0.00000000500. The minimum atomic E-state index is 0. The molecule has 2 heteroatoms. The molecule has 0 atom stereocenters. The van der Waals surface area contributed by atoms with Crippen molar-refractivity contribution in [3.05, 3.63) is 78.9 Å². The fourth-order valence-corrected chi connectivity index (χ4v) is 0. The highest BCUT2D eigenvalue weighted by Gasteiger charge is 0.611. The van der Waals surface area contributed by atoms with Crippen molar-refractivity contribution in [1.82, 2.24) is 0 Å². The van der Waals surface area contributed by atoms with Crippen molar-refractivity contribution < 1.29 is 0 Å². The van der Waals surface area contributed by atoms with Crippen molar-refractivity contribution in [3.8, 4) is 0 Å². The molecule has 0 N–H and O–H groups in total. The summed E-state index contributed by atoms with van der Waals surface area (Å²) in [5.41, 5.74) is 0. The van der Waals surface area contributed by atoms with Gasteiger partial charge in [-0.15, -0.1) is 104 Å². The Morgan fingerprint density at radius 1 is 0.214 bits per heavy atom. The van der Waals surface area contributed by atoms with E-state index in [1.807, 2.05) is 0 Å². The first kappa shape index (κ1) is 74.6. The maximum absolute atomic E-state index is 3.00. The van der Waals surface area contributed by atoms with Crippen LogP contribution in [0.3, 0.4) is 0 Å². The number of halogens is 2. The fourth-order valence-electron chi connectivity index (χ4n) is 0. The van der Waals surface area contributed by atoms with E-state index < -0.39 is 0 Å². The van der Waals surface area contributed by atoms with Crippen LogP contribution in [0.15, 0.2) is 78.9 Å². The molecule has 0 aromatic heterocycles. The van der Waals surface area contributed by atoms with E-state index in [4.69, 9.17) is 0 Å². The van der Waals surface area contributed by atoms with E-state index in [0.29, 0.717) is 0 Å². The second kappa shape index (κ2) is 1520. The van der Waals surface area contributed by atoms with E-state index >= 15 is 0 Å². The molecule has 0 nitrogen and oxygen atoms in total. The summed E-state index contributed by atoms with van der Waals surface area (Å²) < 4.78 is 0. The van der Waals surface area contributed by atoms with Gasteiger partial charge in [-0.2, -0.15) is 0 Å². The predicted molar refractivity (Wildman–Crippen MR) is 82.0 cm³/mol. The summed E-state index contributed by atoms with van der Waals surface area (Å²) in [6.45, 7) is 36.0. The zero-order valence-corrected chi connectivity index (χ0v) is 10.9. The Bertz CT molecular complexity index is 23.8. The van der Waals surface area contributed by atoms with Gasteiger partial charge in [-0.1, -0.05) is 0 Å². The number of hydrogen-bond donors (Lipinski definition) is 0. The first-order valence-corrected chi connectivity index (χ1v) is 3.00. The van der Waals surface area contributed by atoms with Crippen LogP contribution in [0.1, 0.15) is 0 Å². The molecular formula is C12H26Cl2. The van der Waals surface area contributed by atoms with Crippen LogP contribution in [0.5, 0.6) is 0 Å². The van der Waals surface area contributed by atoms with Crippen LogP contribution in [0.25, 0.3) is 0 Å². The van der Waals surface area contributed by atoms with E-state index in [1.54, 1.807) is 0 Å². The molecule has 0 amide bonds. The second-order valence-corrected chi connectivity index (χ2v) is 0. The molecule has 0 unspecified atom stereocenters. The standard InChI is InChI=1S/6C2H4.2ClH/c6*1-2;;/h6*1-2H2;2*1H. The van der Waals surface area contributed by atoms with Gasteiger partial charge in [-0.25, -0.2) is 0 Å². The van der Waals surface area contributed by atoms with Crippen molar-refractivity contribution in [2.24, 2.45) is 0 Å². The molecule has 0 heterocycles. The average Bonchev–Trinajstić information content (AvgIpc) is 2.33. The SMILES string of the molecule is C=C.C=C.C=C.C=C.C=C.C=C.Cl.Cl. The summed E-state index contributed by atoms with van der Waals surface area (Å²) in [5, 5.41) is 0. The molecule has 88 valence electrons. The number of rotatable bonds is 0. The zero-order valence-electron chi connectivity index (χ0n) is 9.30. The van der Waals surface area contributed by atoms with Crippen LogP contribution in [0, 0.1) is 0 Å². The van der Waals surface area contributed by atoms with Crippen LogP contribution in [-0.4, -0.2) is 0 Å². The van der Waals surface area contributed by atoms with Gasteiger partial charge >= 0.3 is 0 Å². The molecule has 0 radical (unpaired) electrons. The Kier molecular flexibility index (Phi) is 8100. The second-order valence-electron chi connectivity index (χ2n) is 0. The first-order chi connectivity index (χ1) is 6.00. The third kappa shape index (κ3) is 1150. The highest BCUT2D eigenvalue weighted by molar-refractivity contribution is 5.85. The zero-order chi connectivity index (χ0) is 12.0. The van der Waals surface area contributed by atoms with E-state index in [1.165, 1.54) is 0 Å². The van der Waals surface area contributed by atoms with Gasteiger partial charge in [0.05, 0.1) is 0 Å². The quantitative estimate of drug-likeness (QED) is 0.480. The molecule has 0 aliphatic rings. The molecular weight excluding hydrogens is 215 g/mol. The Morgan fingerprint density at radius 2 is 0.214 bits per heavy atom.